The molecule has 2 aromatic heterocycles. The second kappa shape index (κ2) is 7.83. The Morgan fingerprint density at radius 2 is 2.00 bits per heavy atom. The Kier molecular flexibility index (Phi) is 5.33. The monoisotopic (exact) mass is 340 g/mol. The summed E-state index contributed by atoms with van der Waals surface area (Å²) in [6.45, 7) is 2.52. The third kappa shape index (κ3) is 4.37. The largest absolute Gasteiger partial charge is 0.362 e. The lowest BCUT2D eigenvalue weighted by molar-refractivity contribution is 0.251. The van der Waals surface area contributed by atoms with Crippen LogP contribution < -0.4 is 20.4 Å². The average molecular weight is 340 g/mol. The molecule has 2 aromatic rings. The van der Waals surface area contributed by atoms with Gasteiger partial charge in [0.05, 0.1) is 11.9 Å². The summed E-state index contributed by atoms with van der Waals surface area (Å²) in [6, 6.07) is 7.39. The molecule has 0 atom stereocenters. The van der Waals surface area contributed by atoms with Gasteiger partial charge in [0.15, 0.2) is 0 Å². The van der Waals surface area contributed by atoms with Crippen LogP contribution in [0.5, 0.6) is 0 Å². The minimum atomic E-state index is -0.260. The predicted molar refractivity (Wildman–Crippen MR) is 100 cm³/mol. The molecule has 0 aromatic carbocycles. The molecule has 0 saturated carbocycles. The van der Waals surface area contributed by atoms with Crippen LogP contribution in [0, 0.1) is 0 Å². The van der Waals surface area contributed by atoms with Crippen molar-refractivity contribution in [2.24, 2.45) is 0 Å². The predicted octanol–water partition coefficient (Wildman–Crippen LogP) is 2.46. The molecule has 0 aliphatic carbocycles. The summed E-state index contributed by atoms with van der Waals surface area (Å²) in [7, 11) is 3.86. The van der Waals surface area contributed by atoms with Crippen molar-refractivity contribution in [1.29, 1.82) is 0 Å². The third-order valence-electron chi connectivity index (χ3n) is 4.17. The molecule has 1 aliphatic rings. The molecule has 2 amide bonds. The van der Waals surface area contributed by atoms with E-state index in [1.54, 1.807) is 12.4 Å². The van der Waals surface area contributed by atoms with Gasteiger partial charge in [-0.3, -0.25) is 0 Å². The number of anilines is 3. The quantitative estimate of drug-likeness (QED) is 0.875. The number of carbonyl (C=O) groups excluding carboxylic acids is 1. The first-order chi connectivity index (χ1) is 12.1. The highest BCUT2D eigenvalue weighted by atomic mass is 16.2. The molecule has 1 saturated heterocycles. The topological polar surface area (TPSA) is 73.4 Å². The zero-order valence-electron chi connectivity index (χ0n) is 14.7. The van der Waals surface area contributed by atoms with Gasteiger partial charge in [0.25, 0.3) is 0 Å². The van der Waals surface area contributed by atoms with E-state index in [-0.39, 0.29) is 6.03 Å². The van der Waals surface area contributed by atoms with Gasteiger partial charge >= 0.3 is 6.03 Å². The molecule has 25 heavy (non-hydrogen) atoms. The van der Waals surface area contributed by atoms with E-state index in [4.69, 9.17) is 0 Å². The molecule has 132 valence electrons. The number of aromatic nitrogens is 2. The maximum absolute atomic E-state index is 12.1. The highest BCUT2D eigenvalue weighted by molar-refractivity contribution is 5.89. The van der Waals surface area contributed by atoms with Gasteiger partial charge < -0.3 is 20.4 Å². The van der Waals surface area contributed by atoms with Crippen LogP contribution in [0.25, 0.3) is 0 Å². The molecule has 0 unspecified atom stereocenters. The molecule has 0 spiro atoms. The summed E-state index contributed by atoms with van der Waals surface area (Å²) in [6.07, 6.45) is 5.87. The van der Waals surface area contributed by atoms with Crippen molar-refractivity contribution in [2.75, 3.05) is 42.3 Å². The van der Waals surface area contributed by atoms with Crippen molar-refractivity contribution in [1.82, 2.24) is 15.3 Å². The minimum absolute atomic E-state index is 0.260. The minimum Gasteiger partial charge on any atom is -0.362 e. The van der Waals surface area contributed by atoms with E-state index in [9.17, 15) is 4.79 Å². The maximum atomic E-state index is 12.1. The van der Waals surface area contributed by atoms with Gasteiger partial charge in [0.2, 0.25) is 0 Å². The van der Waals surface area contributed by atoms with Crippen molar-refractivity contribution in [3.8, 4) is 0 Å². The Bertz CT molecular complexity index is 710. The molecular weight excluding hydrogens is 316 g/mol. The fourth-order valence-corrected chi connectivity index (χ4v) is 2.92. The van der Waals surface area contributed by atoms with E-state index >= 15 is 0 Å². The SMILES string of the molecule is CN(C)c1ncccc1CNC(=O)Nc1ccc(N2CCCC2)nc1. The molecule has 3 rings (SSSR count). The number of urea groups is 1. The summed E-state index contributed by atoms with van der Waals surface area (Å²) >= 11 is 0. The summed E-state index contributed by atoms with van der Waals surface area (Å²) in [5.41, 5.74) is 1.64. The zero-order valence-corrected chi connectivity index (χ0v) is 14.7. The highest BCUT2D eigenvalue weighted by Crippen LogP contribution is 2.19. The zero-order chi connectivity index (χ0) is 17.6. The fraction of sp³-hybridized carbons (Fsp3) is 0.389. The standard InChI is InChI=1S/C18H24N6O/c1-23(2)17-14(6-5-9-19-17)12-21-18(25)22-15-7-8-16(20-13-15)24-10-3-4-11-24/h5-9,13H,3-4,10-12H2,1-2H3,(H2,21,22,25). The summed E-state index contributed by atoms with van der Waals surface area (Å²) in [4.78, 5) is 25.1. The van der Waals surface area contributed by atoms with Crippen LogP contribution in [-0.4, -0.2) is 43.2 Å². The highest BCUT2D eigenvalue weighted by Gasteiger charge is 2.13. The Labute approximate surface area is 148 Å². The first kappa shape index (κ1) is 17.0. The Balaban J connectivity index is 1.54. The number of hydrogen-bond acceptors (Lipinski definition) is 5. The van der Waals surface area contributed by atoms with Crippen LogP contribution in [0.1, 0.15) is 18.4 Å². The summed E-state index contributed by atoms with van der Waals surface area (Å²) in [5.74, 6) is 1.81. The molecule has 3 heterocycles. The van der Waals surface area contributed by atoms with E-state index in [0.29, 0.717) is 12.2 Å². The van der Waals surface area contributed by atoms with Crippen LogP contribution >= 0.6 is 0 Å². The first-order valence-corrected chi connectivity index (χ1v) is 8.50. The van der Waals surface area contributed by atoms with Crippen molar-refractivity contribution < 1.29 is 4.79 Å². The van der Waals surface area contributed by atoms with E-state index < -0.39 is 0 Å². The fourth-order valence-electron chi connectivity index (χ4n) is 2.92. The number of hydrogen-bond donors (Lipinski definition) is 2. The van der Waals surface area contributed by atoms with Crippen molar-refractivity contribution in [3.05, 3.63) is 42.2 Å². The number of nitrogens with one attached hydrogen (secondary N) is 2. The molecular formula is C18H24N6O. The van der Waals surface area contributed by atoms with Gasteiger partial charge in [-0.05, 0) is 31.0 Å². The van der Waals surface area contributed by atoms with Crippen molar-refractivity contribution in [2.45, 2.75) is 19.4 Å². The Hall–Kier alpha value is -2.83. The molecule has 2 N–H and O–H groups in total. The lowest BCUT2D eigenvalue weighted by Crippen LogP contribution is -2.29. The lowest BCUT2D eigenvalue weighted by atomic mass is 10.2. The Morgan fingerprint density at radius 3 is 2.68 bits per heavy atom. The number of pyridine rings is 2. The number of carbonyl (C=O) groups is 1. The van der Waals surface area contributed by atoms with Crippen LogP contribution in [-0.2, 0) is 6.54 Å². The van der Waals surface area contributed by atoms with Gasteiger partial charge in [0.1, 0.15) is 11.6 Å². The van der Waals surface area contributed by atoms with Gasteiger partial charge in [-0.1, -0.05) is 6.07 Å². The third-order valence-corrected chi connectivity index (χ3v) is 4.17. The number of rotatable bonds is 5. The van der Waals surface area contributed by atoms with Crippen LogP contribution in [0.15, 0.2) is 36.7 Å². The normalized spacial score (nSPS) is 13.6. The number of amides is 2. The smallest absolute Gasteiger partial charge is 0.319 e. The summed E-state index contributed by atoms with van der Waals surface area (Å²) in [5, 5.41) is 5.67. The van der Waals surface area contributed by atoms with Crippen molar-refractivity contribution in [3.63, 3.8) is 0 Å². The molecule has 0 bridgehead atoms. The van der Waals surface area contributed by atoms with Crippen molar-refractivity contribution >= 4 is 23.4 Å². The molecule has 0 radical (unpaired) electrons. The van der Waals surface area contributed by atoms with E-state index in [1.807, 2.05) is 43.3 Å². The molecule has 7 nitrogen and oxygen atoms in total. The van der Waals surface area contributed by atoms with Gasteiger partial charge in [-0.25, -0.2) is 14.8 Å². The molecule has 1 fully saturated rings. The second-order valence-corrected chi connectivity index (χ2v) is 6.29. The Morgan fingerprint density at radius 1 is 1.20 bits per heavy atom. The second-order valence-electron chi connectivity index (χ2n) is 6.29. The van der Waals surface area contributed by atoms with E-state index in [0.717, 1.165) is 30.3 Å². The van der Waals surface area contributed by atoms with E-state index in [1.165, 1.54) is 12.8 Å². The van der Waals surface area contributed by atoms with Gasteiger partial charge in [0, 0.05) is 45.5 Å². The van der Waals surface area contributed by atoms with E-state index in [2.05, 4.69) is 25.5 Å². The maximum Gasteiger partial charge on any atom is 0.319 e. The van der Waals surface area contributed by atoms with Crippen LogP contribution in [0.4, 0.5) is 22.1 Å². The lowest BCUT2D eigenvalue weighted by Gasteiger charge is -2.17. The average Bonchev–Trinajstić information content (AvgIpc) is 3.15. The first-order valence-electron chi connectivity index (χ1n) is 8.50. The van der Waals surface area contributed by atoms with Gasteiger partial charge in [-0.2, -0.15) is 0 Å². The molecule has 1 aliphatic heterocycles. The van der Waals surface area contributed by atoms with Gasteiger partial charge in [-0.15, -0.1) is 0 Å². The molecule has 7 heteroatoms. The number of nitrogens with zero attached hydrogens (tertiary/aromatic N) is 4. The summed E-state index contributed by atoms with van der Waals surface area (Å²) < 4.78 is 0. The van der Waals surface area contributed by atoms with Crippen LogP contribution in [0.3, 0.4) is 0 Å². The van der Waals surface area contributed by atoms with Crippen LogP contribution in [0.2, 0.25) is 0 Å².